The van der Waals surface area contributed by atoms with Crippen LogP contribution in [0.1, 0.15) is 20.3 Å². The van der Waals surface area contributed by atoms with Crippen LogP contribution >= 0.6 is 55.1 Å². The molecule has 8 heteroatoms. The van der Waals surface area contributed by atoms with Crippen molar-refractivity contribution in [3.8, 4) is 0 Å². The van der Waals surface area contributed by atoms with Crippen molar-refractivity contribution in [2.24, 2.45) is 0 Å². The van der Waals surface area contributed by atoms with Gasteiger partial charge in [0.25, 0.3) is 0 Å². The zero-order valence-electron chi connectivity index (χ0n) is 10.3. The number of hydrogen-bond acceptors (Lipinski definition) is 2. The SMILES string of the molecule is CCC(C)(CBr)NS(=O)(=O)c1c(Cl)cc(Br)cc1Cl. The Morgan fingerprint density at radius 1 is 1.32 bits per heavy atom. The molecule has 0 fully saturated rings. The van der Waals surface area contributed by atoms with Gasteiger partial charge in [-0.05, 0) is 25.5 Å². The molecule has 1 rings (SSSR count). The summed E-state index contributed by atoms with van der Waals surface area (Å²) in [5, 5.41) is 0.654. The molecule has 1 unspecified atom stereocenters. The lowest BCUT2D eigenvalue weighted by atomic mass is 10.0. The van der Waals surface area contributed by atoms with E-state index in [1.54, 1.807) is 6.92 Å². The van der Waals surface area contributed by atoms with Crippen molar-refractivity contribution >= 4 is 65.1 Å². The Morgan fingerprint density at radius 2 is 1.79 bits per heavy atom. The smallest absolute Gasteiger partial charge is 0.207 e. The summed E-state index contributed by atoms with van der Waals surface area (Å²) in [5.41, 5.74) is -0.599. The van der Waals surface area contributed by atoms with Crippen LogP contribution in [0.4, 0.5) is 0 Å². The summed E-state index contributed by atoms with van der Waals surface area (Å²) in [6, 6.07) is 3.00. The molecule has 3 nitrogen and oxygen atoms in total. The van der Waals surface area contributed by atoms with Crippen LogP contribution in [-0.4, -0.2) is 19.3 Å². The molecule has 0 aliphatic rings. The number of rotatable bonds is 5. The van der Waals surface area contributed by atoms with E-state index in [0.29, 0.717) is 16.2 Å². The van der Waals surface area contributed by atoms with Gasteiger partial charge in [0.1, 0.15) is 4.90 Å². The van der Waals surface area contributed by atoms with Crippen LogP contribution in [0.15, 0.2) is 21.5 Å². The van der Waals surface area contributed by atoms with Crippen molar-refractivity contribution in [2.45, 2.75) is 30.7 Å². The molecule has 0 spiro atoms. The summed E-state index contributed by atoms with van der Waals surface area (Å²) in [5.74, 6) is 0. The molecule has 0 aromatic heterocycles. The highest BCUT2D eigenvalue weighted by Gasteiger charge is 2.31. The third-order valence-electron chi connectivity index (χ3n) is 2.69. The first-order valence-electron chi connectivity index (χ1n) is 5.39. The standard InChI is InChI=1S/C11H13Br2Cl2NO2S/c1-3-11(2,6-12)16-19(17,18)10-8(14)4-7(13)5-9(10)15/h4-5,16H,3,6H2,1-2H3. The van der Waals surface area contributed by atoms with Gasteiger partial charge in [0.05, 0.1) is 10.0 Å². The van der Waals surface area contributed by atoms with E-state index in [9.17, 15) is 8.42 Å². The number of halogens is 4. The van der Waals surface area contributed by atoms with Crippen LogP contribution in [-0.2, 0) is 10.0 Å². The fourth-order valence-corrected chi connectivity index (χ4v) is 5.49. The molecule has 0 aliphatic carbocycles. The fourth-order valence-electron chi connectivity index (χ4n) is 1.36. The van der Waals surface area contributed by atoms with Gasteiger partial charge in [-0.3, -0.25) is 0 Å². The second kappa shape index (κ2) is 6.62. The first-order valence-corrected chi connectivity index (χ1v) is 9.55. The van der Waals surface area contributed by atoms with E-state index in [4.69, 9.17) is 23.2 Å². The van der Waals surface area contributed by atoms with Crippen molar-refractivity contribution in [2.75, 3.05) is 5.33 Å². The van der Waals surface area contributed by atoms with Gasteiger partial charge < -0.3 is 0 Å². The summed E-state index contributed by atoms with van der Waals surface area (Å²) >= 11 is 18.5. The second-order valence-corrected chi connectivity index (χ2v) is 8.26. The molecule has 1 aromatic carbocycles. The molecular weight excluding hydrogens is 441 g/mol. The van der Waals surface area contributed by atoms with Crippen LogP contribution in [0.2, 0.25) is 10.0 Å². The molecular formula is C11H13Br2Cl2NO2S. The summed E-state index contributed by atoms with van der Waals surface area (Å²) in [6.07, 6.45) is 0.628. The minimum atomic E-state index is -3.78. The first-order chi connectivity index (χ1) is 8.65. The van der Waals surface area contributed by atoms with E-state index in [1.165, 1.54) is 12.1 Å². The Kier molecular flexibility index (Phi) is 6.18. The van der Waals surface area contributed by atoms with E-state index < -0.39 is 15.6 Å². The van der Waals surface area contributed by atoms with Gasteiger partial charge in [-0.25, -0.2) is 13.1 Å². The molecule has 0 heterocycles. The molecule has 108 valence electrons. The van der Waals surface area contributed by atoms with E-state index in [1.807, 2.05) is 6.92 Å². The molecule has 1 atom stereocenters. The summed E-state index contributed by atoms with van der Waals surface area (Å²) in [7, 11) is -3.78. The predicted octanol–water partition coefficient (Wildman–Crippen LogP) is 4.60. The summed E-state index contributed by atoms with van der Waals surface area (Å²) in [4.78, 5) is -0.0975. The van der Waals surface area contributed by atoms with E-state index >= 15 is 0 Å². The summed E-state index contributed by atoms with van der Waals surface area (Å²) < 4.78 is 28.1. The maximum Gasteiger partial charge on any atom is 0.244 e. The van der Waals surface area contributed by atoms with Crippen LogP contribution in [0.25, 0.3) is 0 Å². The van der Waals surface area contributed by atoms with Crippen LogP contribution in [0.3, 0.4) is 0 Å². The van der Waals surface area contributed by atoms with Gasteiger partial charge in [-0.15, -0.1) is 0 Å². The highest BCUT2D eigenvalue weighted by molar-refractivity contribution is 9.10. The maximum absolute atomic E-state index is 12.4. The lowest BCUT2D eigenvalue weighted by molar-refractivity contribution is 0.449. The normalized spacial score (nSPS) is 15.3. The van der Waals surface area contributed by atoms with Crippen molar-refractivity contribution in [1.29, 1.82) is 0 Å². The van der Waals surface area contributed by atoms with Crippen molar-refractivity contribution < 1.29 is 8.42 Å². The van der Waals surface area contributed by atoms with Crippen LogP contribution in [0.5, 0.6) is 0 Å². The average Bonchev–Trinajstić information content (AvgIpc) is 2.26. The molecule has 1 aromatic rings. The van der Waals surface area contributed by atoms with Crippen molar-refractivity contribution in [1.82, 2.24) is 4.72 Å². The van der Waals surface area contributed by atoms with E-state index in [0.717, 1.165) is 0 Å². The predicted molar refractivity (Wildman–Crippen MR) is 87.0 cm³/mol. The maximum atomic E-state index is 12.4. The van der Waals surface area contributed by atoms with Crippen LogP contribution in [0, 0.1) is 0 Å². The molecule has 0 bridgehead atoms. The quantitative estimate of drug-likeness (QED) is 0.662. The topological polar surface area (TPSA) is 46.2 Å². The Hall–Kier alpha value is 0.670. The van der Waals surface area contributed by atoms with Gasteiger partial charge in [-0.2, -0.15) is 0 Å². The number of alkyl halides is 1. The average molecular weight is 454 g/mol. The molecule has 0 saturated carbocycles. The molecule has 1 N–H and O–H groups in total. The minimum absolute atomic E-state index is 0.0832. The molecule has 0 aliphatic heterocycles. The molecule has 19 heavy (non-hydrogen) atoms. The van der Waals surface area contributed by atoms with Gasteiger partial charge in [0, 0.05) is 15.3 Å². The Labute approximate surface area is 140 Å². The van der Waals surface area contributed by atoms with E-state index in [2.05, 4.69) is 36.6 Å². The highest BCUT2D eigenvalue weighted by Crippen LogP contribution is 2.33. The number of hydrogen-bond donors (Lipinski definition) is 1. The summed E-state index contributed by atoms with van der Waals surface area (Å²) in [6.45, 7) is 3.70. The zero-order chi connectivity index (χ0) is 14.8. The van der Waals surface area contributed by atoms with Gasteiger partial charge in [0.2, 0.25) is 10.0 Å². The third kappa shape index (κ3) is 4.32. The Morgan fingerprint density at radius 3 is 2.16 bits per heavy atom. The van der Waals surface area contributed by atoms with E-state index in [-0.39, 0.29) is 14.9 Å². The Bertz CT molecular complexity index is 551. The Balaban J connectivity index is 3.29. The van der Waals surface area contributed by atoms with Gasteiger partial charge >= 0.3 is 0 Å². The van der Waals surface area contributed by atoms with Gasteiger partial charge in [0.15, 0.2) is 0 Å². The zero-order valence-corrected chi connectivity index (χ0v) is 15.8. The second-order valence-electron chi connectivity index (χ2n) is 4.35. The first kappa shape index (κ1) is 17.7. The lowest BCUT2D eigenvalue weighted by Gasteiger charge is -2.27. The molecule has 0 saturated heterocycles. The van der Waals surface area contributed by atoms with Gasteiger partial charge in [-0.1, -0.05) is 62.0 Å². The van der Waals surface area contributed by atoms with Crippen molar-refractivity contribution in [3.05, 3.63) is 26.7 Å². The third-order valence-corrected chi connectivity index (χ3v) is 6.94. The number of benzene rings is 1. The van der Waals surface area contributed by atoms with Crippen molar-refractivity contribution in [3.63, 3.8) is 0 Å². The number of nitrogens with one attached hydrogen (secondary N) is 1. The largest absolute Gasteiger partial charge is 0.244 e. The lowest BCUT2D eigenvalue weighted by Crippen LogP contribution is -2.46. The fraction of sp³-hybridized carbons (Fsp3) is 0.455. The molecule has 0 amide bonds. The number of sulfonamides is 1. The minimum Gasteiger partial charge on any atom is -0.207 e. The monoisotopic (exact) mass is 451 g/mol. The van der Waals surface area contributed by atoms with Crippen LogP contribution < -0.4 is 4.72 Å². The molecule has 0 radical (unpaired) electrons. The highest BCUT2D eigenvalue weighted by atomic mass is 79.9.